The van der Waals surface area contributed by atoms with Crippen LogP contribution in [0.15, 0.2) is 24.3 Å². The summed E-state index contributed by atoms with van der Waals surface area (Å²) in [6.45, 7) is 13.5. The SMILES string of the molecule is CCCCOCCN(CCOc1ccc(CC(OCC)C(=O)O)cc1)C(=O)NCC(C)(C)C. The Kier molecular flexibility index (Phi) is 13.5. The van der Waals surface area contributed by atoms with Crippen molar-refractivity contribution in [2.45, 2.75) is 60.0 Å². The molecule has 0 aliphatic heterocycles. The normalized spacial score (nSPS) is 12.3. The minimum Gasteiger partial charge on any atom is -0.492 e. The summed E-state index contributed by atoms with van der Waals surface area (Å²) >= 11 is 0. The quantitative estimate of drug-likeness (QED) is 0.358. The summed E-state index contributed by atoms with van der Waals surface area (Å²) in [6.07, 6.45) is 1.52. The topological polar surface area (TPSA) is 97.3 Å². The highest BCUT2D eigenvalue weighted by atomic mass is 16.5. The van der Waals surface area contributed by atoms with Crippen molar-refractivity contribution >= 4 is 12.0 Å². The van der Waals surface area contributed by atoms with Crippen molar-refractivity contribution in [2.24, 2.45) is 5.41 Å². The number of aliphatic carboxylic acids is 1. The maximum Gasteiger partial charge on any atom is 0.333 e. The fourth-order valence-corrected chi connectivity index (χ4v) is 2.92. The molecule has 2 amide bonds. The Labute approximate surface area is 198 Å². The molecule has 33 heavy (non-hydrogen) atoms. The molecule has 0 heterocycles. The van der Waals surface area contributed by atoms with Gasteiger partial charge >= 0.3 is 12.0 Å². The average Bonchev–Trinajstić information content (AvgIpc) is 2.76. The van der Waals surface area contributed by atoms with E-state index in [-0.39, 0.29) is 11.4 Å². The van der Waals surface area contributed by atoms with Crippen molar-refractivity contribution in [3.05, 3.63) is 29.8 Å². The Morgan fingerprint density at radius 1 is 1.06 bits per heavy atom. The zero-order valence-corrected chi connectivity index (χ0v) is 20.9. The number of carbonyl (C=O) groups excluding carboxylic acids is 1. The molecule has 188 valence electrons. The number of ether oxygens (including phenoxy) is 3. The van der Waals surface area contributed by atoms with Gasteiger partial charge in [-0.1, -0.05) is 46.2 Å². The number of urea groups is 1. The second-order valence-corrected chi connectivity index (χ2v) is 9.15. The molecule has 1 atom stereocenters. The third-order valence-electron chi connectivity index (χ3n) is 4.82. The van der Waals surface area contributed by atoms with Crippen LogP contribution >= 0.6 is 0 Å². The Morgan fingerprint density at radius 3 is 2.30 bits per heavy atom. The van der Waals surface area contributed by atoms with Crippen LogP contribution in [0, 0.1) is 5.41 Å². The van der Waals surface area contributed by atoms with E-state index in [9.17, 15) is 14.7 Å². The number of amides is 2. The number of hydrogen-bond acceptors (Lipinski definition) is 5. The summed E-state index contributed by atoms with van der Waals surface area (Å²) in [6, 6.07) is 7.15. The standard InChI is InChI=1S/C25H42N2O6/c1-6-8-15-31-16-13-27(24(30)26-19-25(3,4)5)14-17-33-21-11-9-20(10-12-21)18-22(23(28)29)32-7-2/h9-12,22H,6-8,13-19H2,1-5H3,(H,26,30)(H,28,29). The van der Waals surface area contributed by atoms with E-state index in [4.69, 9.17) is 14.2 Å². The Bertz CT molecular complexity index is 687. The number of nitrogens with one attached hydrogen (secondary N) is 1. The van der Waals surface area contributed by atoms with E-state index in [1.807, 2.05) is 12.1 Å². The zero-order valence-electron chi connectivity index (χ0n) is 20.9. The summed E-state index contributed by atoms with van der Waals surface area (Å²) in [5.41, 5.74) is 0.856. The third kappa shape index (κ3) is 13.1. The number of carbonyl (C=O) groups is 2. The molecule has 1 aromatic rings. The highest BCUT2D eigenvalue weighted by molar-refractivity contribution is 5.74. The van der Waals surface area contributed by atoms with Crippen molar-refractivity contribution in [1.82, 2.24) is 10.2 Å². The Hall–Kier alpha value is -2.32. The van der Waals surface area contributed by atoms with E-state index in [1.165, 1.54) is 0 Å². The van der Waals surface area contributed by atoms with Crippen LogP contribution in [0.5, 0.6) is 5.75 Å². The van der Waals surface area contributed by atoms with Gasteiger partial charge in [0.05, 0.1) is 13.2 Å². The maximum absolute atomic E-state index is 12.7. The second-order valence-electron chi connectivity index (χ2n) is 9.15. The number of carboxylic acids is 1. The van der Waals surface area contributed by atoms with Gasteiger partial charge < -0.3 is 29.5 Å². The zero-order chi connectivity index (χ0) is 24.7. The highest BCUT2D eigenvalue weighted by Crippen LogP contribution is 2.15. The lowest BCUT2D eigenvalue weighted by Crippen LogP contribution is -2.46. The van der Waals surface area contributed by atoms with Gasteiger partial charge in [0.2, 0.25) is 0 Å². The molecule has 0 saturated carbocycles. The molecule has 2 N–H and O–H groups in total. The molecule has 1 unspecified atom stereocenters. The fraction of sp³-hybridized carbons (Fsp3) is 0.680. The van der Waals surface area contributed by atoms with E-state index in [2.05, 4.69) is 33.0 Å². The summed E-state index contributed by atoms with van der Waals surface area (Å²) < 4.78 is 16.7. The summed E-state index contributed by atoms with van der Waals surface area (Å²) in [4.78, 5) is 25.6. The molecule has 8 nitrogen and oxygen atoms in total. The van der Waals surface area contributed by atoms with Crippen molar-refractivity contribution in [1.29, 1.82) is 0 Å². The molecule has 0 spiro atoms. The smallest absolute Gasteiger partial charge is 0.333 e. The second kappa shape index (κ2) is 15.5. The minimum atomic E-state index is -0.972. The van der Waals surface area contributed by atoms with Crippen LogP contribution in [0.4, 0.5) is 4.79 Å². The third-order valence-corrected chi connectivity index (χ3v) is 4.82. The van der Waals surface area contributed by atoms with Crippen molar-refractivity contribution < 1.29 is 28.9 Å². The van der Waals surface area contributed by atoms with Crippen molar-refractivity contribution in [3.8, 4) is 5.75 Å². The molecular formula is C25H42N2O6. The molecule has 1 rings (SSSR count). The molecule has 0 aliphatic carbocycles. The molecule has 0 aliphatic rings. The number of benzene rings is 1. The predicted octanol–water partition coefficient (Wildman–Crippen LogP) is 3.97. The first-order chi connectivity index (χ1) is 15.7. The first-order valence-corrected chi connectivity index (χ1v) is 11.8. The van der Waals surface area contributed by atoms with E-state index in [1.54, 1.807) is 24.0 Å². The molecule has 8 heteroatoms. The van der Waals surface area contributed by atoms with Crippen LogP contribution in [0.25, 0.3) is 0 Å². The fourth-order valence-electron chi connectivity index (χ4n) is 2.92. The van der Waals surface area contributed by atoms with Crippen LogP contribution in [0.2, 0.25) is 0 Å². The van der Waals surface area contributed by atoms with Crippen LogP contribution in [-0.2, 0) is 20.7 Å². The lowest BCUT2D eigenvalue weighted by molar-refractivity contribution is -0.149. The van der Waals surface area contributed by atoms with Crippen molar-refractivity contribution in [3.63, 3.8) is 0 Å². The molecular weight excluding hydrogens is 424 g/mol. The minimum absolute atomic E-state index is 0.000975. The summed E-state index contributed by atoms with van der Waals surface area (Å²) in [5.74, 6) is -0.308. The predicted molar refractivity (Wildman–Crippen MR) is 129 cm³/mol. The highest BCUT2D eigenvalue weighted by Gasteiger charge is 2.19. The molecule has 0 fully saturated rings. The van der Waals surface area contributed by atoms with Crippen molar-refractivity contribution in [2.75, 3.05) is 46.1 Å². The van der Waals surface area contributed by atoms with E-state index in [0.717, 1.165) is 18.4 Å². The van der Waals surface area contributed by atoms with Gasteiger partial charge in [0.25, 0.3) is 0 Å². The number of hydrogen-bond donors (Lipinski definition) is 2. The monoisotopic (exact) mass is 466 g/mol. The Balaban J connectivity index is 2.57. The lowest BCUT2D eigenvalue weighted by atomic mass is 9.97. The van der Waals surface area contributed by atoms with Gasteiger partial charge in [0.1, 0.15) is 12.4 Å². The van der Waals surface area contributed by atoms with Gasteiger partial charge in [-0.25, -0.2) is 9.59 Å². The maximum atomic E-state index is 12.7. The lowest BCUT2D eigenvalue weighted by Gasteiger charge is -2.26. The first-order valence-electron chi connectivity index (χ1n) is 11.8. The van der Waals surface area contributed by atoms with E-state index >= 15 is 0 Å². The molecule has 0 saturated heterocycles. The summed E-state index contributed by atoms with van der Waals surface area (Å²) in [7, 11) is 0. The van der Waals surface area contributed by atoms with E-state index < -0.39 is 12.1 Å². The summed E-state index contributed by atoms with van der Waals surface area (Å²) in [5, 5.41) is 12.2. The molecule has 0 bridgehead atoms. The number of rotatable bonds is 16. The largest absolute Gasteiger partial charge is 0.492 e. The molecule has 0 aromatic heterocycles. The van der Waals surface area contributed by atoms with Gasteiger partial charge in [-0.15, -0.1) is 0 Å². The molecule has 1 aromatic carbocycles. The number of unbranched alkanes of at least 4 members (excludes halogenated alkanes) is 1. The van der Waals surface area contributed by atoms with Gasteiger partial charge in [-0.3, -0.25) is 0 Å². The molecule has 0 radical (unpaired) electrons. The van der Waals surface area contributed by atoms with Gasteiger partial charge in [-0.2, -0.15) is 0 Å². The van der Waals surface area contributed by atoms with Crippen LogP contribution in [0.1, 0.15) is 53.0 Å². The van der Waals surface area contributed by atoms with E-state index in [0.29, 0.717) is 58.2 Å². The van der Waals surface area contributed by atoms with Crippen LogP contribution < -0.4 is 10.1 Å². The van der Waals surface area contributed by atoms with Gasteiger partial charge in [0.15, 0.2) is 6.10 Å². The van der Waals surface area contributed by atoms with Gasteiger partial charge in [0, 0.05) is 32.7 Å². The van der Waals surface area contributed by atoms with Crippen LogP contribution in [-0.4, -0.2) is 74.2 Å². The number of nitrogens with zero attached hydrogens (tertiary/aromatic N) is 1. The van der Waals surface area contributed by atoms with Crippen LogP contribution in [0.3, 0.4) is 0 Å². The van der Waals surface area contributed by atoms with Gasteiger partial charge in [-0.05, 0) is 36.5 Å². The first kappa shape index (κ1) is 28.7. The average molecular weight is 467 g/mol. The Morgan fingerprint density at radius 2 is 1.73 bits per heavy atom. The number of carboxylic acid groups (broad SMARTS) is 1.